The van der Waals surface area contributed by atoms with Gasteiger partial charge in [-0.3, -0.25) is 0 Å². The van der Waals surface area contributed by atoms with Crippen LogP contribution in [0.5, 0.6) is 0 Å². The van der Waals surface area contributed by atoms with Crippen LogP contribution in [-0.4, -0.2) is 4.98 Å². The van der Waals surface area contributed by atoms with E-state index in [-0.39, 0.29) is 0 Å². The van der Waals surface area contributed by atoms with Crippen molar-refractivity contribution in [1.82, 2.24) is 4.98 Å². The van der Waals surface area contributed by atoms with E-state index in [0.717, 1.165) is 0 Å². The van der Waals surface area contributed by atoms with E-state index in [4.69, 9.17) is 0 Å². The van der Waals surface area contributed by atoms with Crippen LogP contribution in [0, 0.1) is 6.92 Å². The van der Waals surface area contributed by atoms with E-state index >= 15 is 0 Å². The average Bonchev–Trinajstić information content (AvgIpc) is 2.59. The third-order valence-electron chi connectivity index (χ3n) is 2.67. The standard InChI is InChI=1S/C12H10N2/c1-8-12-10(6-7-13-8)9-4-2-3-5-11(9)14-12/h2-7,14H,1H3/p+1. The van der Waals surface area contributed by atoms with Crippen LogP contribution >= 0.6 is 0 Å². The number of para-hydroxylation sites is 1. The van der Waals surface area contributed by atoms with Crippen LogP contribution in [0.4, 0.5) is 0 Å². The predicted molar refractivity (Wildman–Crippen MR) is 57.1 cm³/mol. The molecule has 0 bridgehead atoms. The lowest BCUT2D eigenvalue weighted by Crippen LogP contribution is -2.05. The number of benzene rings is 1. The van der Waals surface area contributed by atoms with Gasteiger partial charge in [0, 0.05) is 29.3 Å². The molecule has 3 rings (SSSR count). The molecule has 0 saturated carbocycles. The van der Waals surface area contributed by atoms with Crippen molar-refractivity contribution >= 4 is 21.8 Å². The maximum Gasteiger partial charge on any atom is 0.200 e. The molecule has 2 aromatic heterocycles. The van der Waals surface area contributed by atoms with E-state index in [9.17, 15) is 0 Å². The first-order valence-corrected chi connectivity index (χ1v) is 4.74. The van der Waals surface area contributed by atoms with E-state index in [1.165, 1.54) is 27.5 Å². The molecule has 0 aliphatic carbocycles. The van der Waals surface area contributed by atoms with Gasteiger partial charge in [-0.25, -0.2) is 4.98 Å². The highest BCUT2D eigenvalue weighted by Crippen LogP contribution is 2.24. The van der Waals surface area contributed by atoms with Crippen molar-refractivity contribution in [2.75, 3.05) is 0 Å². The highest BCUT2D eigenvalue weighted by Gasteiger charge is 2.08. The summed E-state index contributed by atoms with van der Waals surface area (Å²) >= 11 is 0. The summed E-state index contributed by atoms with van der Waals surface area (Å²) in [5, 5.41) is 2.58. The van der Waals surface area contributed by atoms with Crippen molar-refractivity contribution in [3.63, 3.8) is 0 Å². The number of aryl methyl sites for hydroxylation is 1. The molecule has 14 heavy (non-hydrogen) atoms. The van der Waals surface area contributed by atoms with E-state index in [1.54, 1.807) is 0 Å². The van der Waals surface area contributed by atoms with Gasteiger partial charge in [-0.05, 0) is 6.07 Å². The fourth-order valence-electron chi connectivity index (χ4n) is 1.95. The van der Waals surface area contributed by atoms with Crippen molar-refractivity contribution in [3.05, 3.63) is 42.2 Å². The Morgan fingerprint density at radius 2 is 1.93 bits per heavy atom. The van der Waals surface area contributed by atoms with Gasteiger partial charge in [-0.2, -0.15) is 0 Å². The molecule has 0 radical (unpaired) electrons. The highest BCUT2D eigenvalue weighted by molar-refractivity contribution is 6.07. The zero-order valence-electron chi connectivity index (χ0n) is 7.96. The van der Waals surface area contributed by atoms with Gasteiger partial charge in [0.1, 0.15) is 5.52 Å². The first-order chi connectivity index (χ1) is 6.86. The molecule has 2 heteroatoms. The molecule has 3 aromatic rings. The normalized spacial score (nSPS) is 11.2. The number of hydrogen-bond acceptors (Lipinski definition) is 0. The Labute approximate surface area is 81.6 Å². The molecule has 0 spiro atoms. The Kier molecular flexibility index (Phi) is 1.39. The first kappa shape index (κ1) is 7.56. The average molecular weight is 183 g/mol. The number of H-pyrrole nitrogens is 2. The summed E-state index contributed by atoms with van der Waals surface area (Å²) in [5.41, 5.74) is 3.58. The lowest BCUT2D eigenvalue weighted by Gasteiger charge is -1.87. The second-order valence-corrected chi connectivity index (χ2v) is 3.56. The number of rotatable bonds is 0. The largest absolute Gasteiger partial charge is 0.349 e. The number of aromatic nitrogens is 2. The second kappa shape index (κ2) is 2.58. The van der Waals surface area contributed by atoms with E-state index in [2.05, 4.69) is 47.2 Å². The van der Waals surface area contributed by atoms with Crippen molar-refractivity contribution in [2.24, 2.45) is 0 Å². The van der Waals surface area contributed by atoms with Gasteiger partial charge in [0.15, 0.2) is 6.20 Å². The molecule has 2 nitrogen and oxygen atoms in total. The minimum absolute atomic E-state index is 1.18. The first-order valence-electron chi connectivity index (χ1n) is 4.74. The smallest absolute Gasteiger partial charge is 0.200 e. The Morgan fingerprint density at radius 3 is 2.86 bits per heavy atom. The van der Waals surface area contributed by atoms with Gasteiger partial charge in [-0.15, -0.1) is 0 Å². The Bertz CT molecular complexity index is 608. The summed E-state index contributed by atoms with van der Waals surface area (Å²) in [7, 11) is 0. The lowest BCUT2D eigenvalue weighted by molar-refractivity contribution is -0.385. The van der Waals surface area contributed by atoms with E-state index in [1.807, 2.05) is 6.20 Å². The molecule has 68 valence electrons. The Morgan fingerprint density at radius 1 is 1.07 bits per heavy atom. The van der Waals surface area contributed by atoms with E-state index < -0.39 is 0 Å². The predicted octanol–water partition coefficient (Wildman–Crippen LogP) is 2.44. The Balaban J connectivity index is 2.63. The molecule has 1 aromatic carbocycles. The summed E-state index contributed by atoms with van der Waals surface area (Å²) in [6.07, 6.45) is 1.98. The zero-order valence-corrected chi connectivity index (χ0v) is 7.96. The molecule has 0 saturated heterocycles. The summed E-state index contributed by atoms with van der Waals surface area (Å²) in [5.74, 6) is 0. The second-order valence-electron chi connectivity index (χ2n) is 3.56. The van der Waals surface area contributed by atoms with Crippen LogP contribution in [-0.2, 0) is 0 Å². The van der Waals surface area contributed by atoms with Crippen LogP contribution in [0.1, 0.15) is 5.69 Å². The maximum atomic E-state index is 3.42. The molecule has 2 heterocycles. The van der Waals surface area contributed by atoms with E-state index in [0.29, 0.717) is 0 Å². The fraction of sp³-hybridized carbons (Fsp3) is 0.0833. The number of nitrogens with one attached hydrogen (secondary N) is 2. The maximum absolute atomic E-state index is 3.42. The summed E-state index contributed by atoms with van der Waals surface area (Å²) in [6, 6.07) is 10.5. The summed E-state index contributed by atoms with van der Waals surface area (Å²) in [4.78, 5) is 6.62. The van der Waals surface area contributed by atoms with Crippen LogP contribution in [0.3, 0.4) is 0 Å². The molecular weight excluding hydrogens is 172 g/mol. The summed E-state index contributed by atoms with van der Waals surface area (Å²) in [6.45, 7) is 2.08. The van der Waals surface area contributed by atoms with Gasteiger partial charge in [0.2, 0.25) is 5.69 Å². The van der Waals surface area contributed by atoms with Gasteiger partial charge in [-0.1, -0.05) is 18.2 Å². The molecule has 0 atom stereocenters. The van der Waals surface area contributed by atoms with Gasteiger partial charge < -0.3 is 4.98 Å². The van der Waals surface area contributed by atoms with Crippen molar-refractivity contribution in [3.8, 4) is 0 Å². The van der Waals surface area contributed by atoms with Crippen LogP contribution in [0.25, 0.3) is 21.8 Å². The minimum Gasteiger partial charge on any atom is -0.349 e. The van der Waals surface area contributed by atoms with Crippen LogP contribution in [0.2, 0.25) is 0 Å². The van der Waals surface area contributed by atoms with Crippen molar-refractivity contribution in [2.45, 2.75) is 6.92 Å². The molecule has 0 amide bonds. The molecular formula is C12H11N2+. The number of hydrogen-bond donors (Lipinski definition) is 1. The lowest BCUT2D eigenvalue weighted by atomic mass is 10.2. The molecule has 0 aliphatic heterocycles. The third-order valence-corrected chi connectivity index (χ3v) is 2.67. The zero-order chi connectivity index (χ0) is 9.54. The van der Waals surface area contributed by atoms with Gasteiger partial charge in [0.25, 0.3) is 0 Å². The fourth-order valence-corrected chi connectivity index (χ4v) is 1.95. The highest BCUT2D eigenvalue weighted by atomic mass is 14.8. The van der Waals surface area contributed by atoms with Crippen LogP contribution in [0.15, 0.2) is 36.5 Å². The molecule has 0 aliphatic rings. The quantitative estimate of drug-likeness (QED) is 0.555. The Hall–Kier alpha value is -1.83. The number of aromatic amines is 2. The third kappa shape index (κ3) is 0.880. The summed E-state index contributed by atoms with van der Waals surface area (Å²) < 4.78 is 0. The number of fused-ring (bicyclic) bond motifs is 3. The van der Waals surface area contributed by atoms with Crippen LogP contribution < -0.4 is 4.98 Å². The van der Waals surface area contributed by atoms with Crippen molar-refractivity contribution < 1.29 is 4.98 Å². The molecule has 2 N–H and O–H groups in total. The topological polar surface area (TPSA) is 29.9 Å². The van der Waals surface area contributed by atoms with Gasteiger partial charge in [0.05, 0.1) is 0 Å². The molecule has 0 unspecified atom stereocenters. The minimum atomic E-state index is 1.18. The monoisotopic (exact) mass is 183 g/mol. The SMILES string of the molecule is Cc1[nH+]ccc2c1[nH]c1ccccc12. The molecule has 0 fully saturated rings. The number of pyridine rings is 1. The van der Waals surface area contributed by atoms with Crippen molar-refractivity contribution in [1.29, 1.82) is 0 Å². The van der Waals surface area contributed by atoms with Gasteiger partial charge >= 0.3 is 0 Å².